The molecule has 10 nitrogen and oxygen atoms in total. The Morgan fingerprint density at radius 1 is 1.08 bits per heavy atom. The van der Waals surface area contributed by atoms with E-state index in [9.17, 15) is 14.4 Å². The van der Waals surface area contributed by atoms with Gasteiger partial charge in [-0.3, -0.25) is 9.59 Å². The molecule has 2 amide bonds. The molecule has 0 bridgehead atoms. The number of hydrogen-bond donors (Lipinski definition) is 4. The van der Waals surface area contributed by atoms with E-state index in [0.717, 1.165) is 24.8 Å². The van der Waals surface area contributed by atoms with E-state index >= 15 is 0 Å². The molecule has 3 aromatic rings. The lowest BCUT2D eigenvalue weighted by Gasteiger charge is -2.37. The molecule has 1 aromatic heterocycles. The number of nitrogens with one attached hydrogen (secondary N) is 3. The molecule has 0 radical (unpaired) electrons. The summed E-state index contributed by atoms with van der Waals surface area (Å²) in [5, 5.41) is 9.46. The highest BCUT2D eigenvalue weighted by Gasteiger charge is 2.31. The van der Waals surface area contributed by atoms with Gasteiger partial charge in [0.25, 0.3) is 5.91 Å². The molecule has 1 fully saturated rings. The van der Waals surface area contributed by atoms with E-state index in [4.69, 9.17) is 10.5 Å². The minimum absolute atomic E-state index is 0.00935. The van der Waals surface area contributed by atoms with Crippen LogP contribution in [0.1, 0.15) is 52.6 Å². The minimum atomic E-state index is -0.726. The topological polar surface area (TPSA) is 148 Å². The van der Waals surface area contributed by atoms with Gasteiger partial charge in [0.15, 0.2) is 11.5 Å². The largest absolute Gasteiger partial charge is 0.457 e. The number of benzene rings is 2. The van der Waals surface area contributed by atoms with Crippen molar-refractivity contribution >= 4 is 35.1 Å². The van der Waals surface area contributed by atoms with Gasteiger partial charge in [0.1, 0.15) is 12.4 Å². The van der Waals surface area contributed by atoms with Gasteiger partial charge >= 0.3 is 5.97 Å². The van der Waals surface area contributed by atoms with Gasteiger partial charge in [0.05, 0.1) is 11.8 Å². The normalized spacial score (nSPS) is 18.4. The predicted molar refractivity (Wildman–Crippen MR) is 148 cm³/mol. The number of aromatic nitrogens is 2. The number of hydrogen-bond acceptors (Lipinski definition) is 8. The fourth-order valence-electron chi connectivity index (χ4n) is 4.56. The zero-order chi connectivity index (χ0) is 27.8. The van der Waals surface area contributed by atoms with Crippen molar-refractivity contribution in [3.63, 3.8) is 0 Å². The first kappa shape index (κ1) is 27.3. The van der Waals surface area contributed by atoms with Crippen LogP contribution in [-0.2, 0) is 16.1 Å². The number of nitrogens with zero attached hydrogens (tertiary/aromatic N) is 2. The predicted octanol–water partition coefficient (Wildman–Crippen LogP) is 3.95. The first-order valence-corrected chi connectivity index (χ1v) is 12.8. The van der Waals surface area contributed by atoms with Gasteiger partial charge in [-0.05, 0) is 61.1 Å². The summed E-state index contributed by atoms with van der Waals surface area (Å²) in [6.07, 6.45) is 5.45. The molecular weight excluding hydrogens is 496 g/mol. The summed E-state index contributed by atoms with van der Waals surface area (Å²) in [5.74, 6) is -0.580. The van der Waals surface area contributed by atoms with Gasteiger partial charge in [-0.15, -0.1) is 0 Å². The summed E-state index contributed by atoms with van der Waals surface area (Å²) in [5.41, 5.74) is 7.39. The number of ether oxygens (including phenoxy) is 1. The maximum absolute atomic E-state index is 12.4. The first-order valence-electron chi connectivity index (χ1n) is 12.8. The summed E-state index contributed by atoms with van der Waals surface area (Å²) in [4.78, 5) is 45.0. The number of primary amides is 1. The van der Waals surface area contributed by atoms with Crippen molar-refractivity contribution in [1.82, 2.24) is 15.3 Å². The molecule has 1 aliphatic rings. The third-order valence-corrected chi connectivity index (χ3v) is 6.75. The molecule has 1 heterocycles. The van der Waals surface area contributed by atoms with Crippen molar-refractivity contribution in [3.05, 3.63) is 90.3 Å². The number of rotatable bonds is 10. The van der Waals surface area contributed by atoms with Crippen LogP contribution in [-0.4, -0.2) is 39.8 Å². The second-order valence-electron chi connectivity index (χ2n) is 9.44. The monoisotopic (exact) mass is 528 g/mol. The third-order valence-electron chi connectivity index (χ3n) is 6.75. The van der Waals surface area contributed by atoms with Crippen LogP contribution in [0.25, 0.3) is 0 Å². The number of carbonyl (C=O) groups is 3. The molecule has 202 valence electrons. The van der Waals surface area contributed by atoms with E-state index in [1.54, 1.807) is 24.3 Å². The Bertz CT molecular complexity index is 1330. The average molecular weight is 529 g/mol. The van der Waals surface area contributed by atoms with Crippen molar-refractivity contribution in [2.24, 2.45) is 11.7 Å². The van der Waals surface area contributed by atoms with Crippen LogP contribution >= 0.6 is 0 Å². The molecule has 39 heavy (non-hydrogen) atoms. The maximum atomic E-state index is 12.4. The molecule has 1 unspecified atom stereocenters. The SMILES string of the molecule is C=CC(=O)NC1CCC[C@@H](Nc2cnc(C(N)=O)c(Nc3ccc(C(=O)OCc4ccccc4)cc3)n2)[C@H]1C. The van der Waals surface area contributed by atoms with Crippen LogP contribution in [0.5, 0.6) is 0 Å². The smallest absolute Gasteiger partial charge is 0.338 e. The number of carbonyl (C=O) groups excluding carboxylic acids is 3. The van der Waals surface area contributed by atoms with Gasteiger partial charge in [0.2, 0.25) is 5.91 Å². The summed E-state index contributed by atoms with van der Waals surface area (Å²) < 4.78 is 5.38. The Morgan fingerprint density at radius 3 is 2.49 bits per heavy atom. The second kappa shape index (κ2) is 12.7. The number of nitrogens with two attached hydrogens (primary N) is 1. The van der Waals surface area contributed by atoms with Crippen LogP contribution in [0.3, 0.4) is 0 Å². The summed E-state index contributed by atoms with van der Waals surface area (Å²) >= 11 is 0. The highest BCUT2D eigenvalue weighted by molar-refractivity contribution is 5.96. The van der Waals surface area contributed by atoms with E-state index < -0.39 is 11.9 Å². The molecule has 2 aromatic carbocycles. The van der Waals surface area contributed by atoms with Crippen molar-refractivity contribution in [2.75, 3.05) is 10.6 Å². The standard InChI is InChI=1S/C29H32N6O4/c1-3-25(36)34-23-11-7-10-22(18(23)2)33-24-16-31-26(27(30)37)28(35-24)32-21-14-12-20(13-15-21)29(38)39-17-19-8-5-4-6-9-19/h3-6,8-9,12-16,18,22-23H,1,7,10-11,17H2,2H3,(H2,30,37)(H,34,36)(H2,32,33,35)/t18-,22-,23?/m1/s1. The maximum Gasteiger partial charge on any atom is 0.338 e. The Kier molecular flexibility index (Phi) is 8.88. The fourth-order valence-corrected chi connectivity index (χ4v) is 4.56. The van der Waals surface area contributed by atoms with Gasteiger partial charge in [-0.2, -0.15) is 0 Å². The summed E-state index contributed by atoms with van der Waals surface area (Å²) in [7, 11) is 0. The Labute approximate surface area is 227 Å². The molecule has 1 aliphatic carbocycles. The molecule has 4 rings (SSSR count). The Morgan fingerprint density at radius 2 is 1.79 bits per heavy atom. The van der Waals surface area contributed by atoms with Gasteiger partial charge in [0, 0.05) is 17.8 Å². The second-order valence-corrected chi connectivity index (χ2v) is 9.44. The first-order chi connectivity index (χ1) is 18.8. The molecule has 0 aliphatic heterocycles. The van der Waals surface area contributed by atoms with E-state index in [2.05, 4.69) is 39.4 Å². The minimum Gasteiger partial charge on any atom is -0.457 e. The van der Waals surface area contributed by atoms with Crippen LogP contribution in [0.2, 0.25) is 0 Å². The molecular formula is C29H32N6O4. The highest BCUT2D eigenvalue weighted by Crippen LogP contribution is 2.28. The van der Waals surface area contributed by atoms with E-state index in [1.807, 2.05) is 30.3 Å². The van der Waals surface area contributed by atoms with Crippen molar-refractivity contribution < 1.29 is 19.1 Å². The van der Waals surface area contributed by atoms with Gasteiger partial charge in [-0.25, -0.2) is 14.8 Å². The lowest BCUT2D eigenvalue weighted by atomic mass is 9.81. The summed E-state index contributed by atoms with van der Waals surface area (Å²) in [6.45, 7) is 5.77. The molecule has 1 saturated carbocycles. The molecule has 3 atom stereocenters. The lowest BCUT2D eigenvalue weighted by molar-refractivity contribution is -0.117. The van der Waals surface area contributed by atoms with E-state index in [0.29, 0.717) is 17.1 Å². The summed E-state index contributed by atoms with van der Waals surface area (Å²) in [6, 6.07) is 16.1. The van der Waals surface area contributed by atoms with E-state index in [1.165, 1.54) is 12.3 Å². The zero-order valence-electron chi connectivity index (χ0n) is 21.7. The zero-order valence-corrected chi connectivity index (χ0v) is 21.7. The molecule has 5 N–H and O–H groups in total. The average Bonchev–Trinajstić information content (AvgIpc) is 2.94. The third kappa shape index (κ3) is 7.19. The highest BCUT2D eigenvalue weighted by atomic mass is 16.5. The fraction of sp³-hybridized carbons (Fsp3) is 0.276. The van der Waals surface area contributed by atoms with E-state index in [-0.39, 0.29) is 42.0 Å². The van der Waals surface area contributed by atoms with Crippen molar-refractivity contribution in [2.45, 2.75) is 44.9 Å². The van der Waals surface area contributed by atoms with Crippen LogP contribution in [0.15, 0.2) is 73.4 Å². The van der Waals surface area contributed by atoms with Gasteiger partial charge < -0.3 is 26.4 Å². The van der Waals surface area contributed by atoms with Crippen LogP contribution in [0.4, 0.5) is 17.3 Å². The molecule has 0 saturated heterocycles. The quantitative estimate of drug-likeness (QED) is 0.228. The number of amides is 2. The van der Waals surface area contributed by atoms with Crippen LogP contribution < -0.4 is 21.7 Å². The Hall–Kier alpha value is -4.73. The van der Waals surface area contributed by atoms with Crippen LogP contribution in [0, 0.1) is 5.92 Å². The number of esters is 1. The Balaban J connectivity index is 1.43. The molecule has 0 spiro atoms. The number of anilines is 3. The van der Waals surface area contributed by atoms with Crippen molar-refractivity contribution in [3.8, 4) is 0 Å². The lowest BCUT2D eigenvalue weighted by Crippen LogP contribution is -2.48. The van der Waals surface area contributed by atoms with Crippen molar-refractivity contribution in [1.29, 1.82) is 0 Å². The van der Waals surface area contributed by atoms with Gasteiger partial charge in [-0.1, -0.05) is 43.8 Å². The molecule has 10 heteroatoms.